The zero-order valence-corrected chi connectivity index (χ0v) is 9.61. The molecule has 0 bridgehead atoms. The molecule has 3 rings (SSSR count). The molecular formula is C13H18N2O. The lowest BCUT2D eigenvalue weighted by molar-refractivity contribution is 0.456. The summed E-state index contributed by atoms with van der Waals surface area (Å²) in [5.74, 6) is 0.407. The molecule has 0 radical (unpaired) electrons. The highest BCUT2D eigenvalue weighted by Gasteiger charge is 2.29. The SMILES string of the molecule is CN1CC(NC2CC2)Cc2cccc(O)c21. The highest BCUT2D eigenvalue weighted by molar-refractivity contribution is 5.64. The van der Waals surface area contributed by atoms with Crippen molar-refractivity contribution in [2.24, 2.45) is 0 Å². The van der Waals surface area contributed by atoms with E-state index in [1.54, 1.807) is 6.07 Å². The Hall–Kier alpha value is -1.22. The van der Waals surface area contributed by atoms with Crippen LogP contribution in [0.15, 0.2) is 18.2 Å². The predicted octanol–water partition coefficient (Wildman–Crippen LogP) is 1.51. The summed E-state index contributed by atoms with van der Waals surface area (Å²) < 4.78 is 0. The molecular weight excluding hydrogens is 200 g/mol. The number of phenols is 1. The van der Waals surface area contributed by atoms with E-state index in [0.29, 0.717) is 11.8 Å². The molecule has 3 heteroatoms. The Balaban J connectivity index is 1.84. The molecule has 86 valence electrons. The fourth-order valence-corrected chi connectivity index (χ4v) is 2.63. The quantitative estimate of drug-likeness (QED) is 0.789. The third-order valence-electron chi connectivity index (χ3n) is 3.49. The van der Waals surface area contributed by atoms with Crippen molar-refractivity contribution in [1.82, 2.24) is 5.32 Å². The maximum atomic E-state index is 9.85. The smallest absolute Gasteiger partial charge is 0.139 e. The van der Waals surface area contributed by atoms with E-state index >= 15 is 0 Å². The van der Waals surface area contributed by atoms with Gasteiger partial charge in [-0.15, -0.1) is 0 Å². The second kappa shape index (κ2) is 3.67. The van der Waals surface area contributed by atoms with Crippen molar-refractivity contribution in [2.75, 3.05) is 18.5 Å². The van der Waals surface area contributed by atoms with Crippen LogP contribution in [0.5, 0.6) is 5.75 Å². The van der Waals surface area contributed by atoms with Crippen LogP contribution in [-0.2, 0) is 6.42 Å². The van der Waals surface area contributed by atoms with Crippen LogP contribution in [0.1, 0.15) is 18.4 Å². The zero-order chi connectivity index (χ0) is 11.1. The van der Waals surface area contributed by atoms with Crippen LogP contribution >= 0.6 is 0 Å². The average Bonchev–Trinajstić information content (AvgIpc) is 3.01. The van der Waals surface area contributed by atoms with E-state index in [1.165, 1.54) is 18.4 Å². The average molecular weight is 218 g/mol. The van der Waals surface area contributed by atoms with Crippen LogP contribution in [0.3, 0.4) is 0 Å². The van der Waals surface area contributed by atoms with Crippen molar-refractivity contribution in [1.29, 1.82) is 0 Å². The number of fused-ring (bicyclic) bond motifs is 1. The van der Waals surface area contributed by atoms with Crippen LogP contribution in [0.2, 0.25) is 0 Å². The summed E-state index contributed by atoms with van der Waals surface area (Å²) in [6, 6.07) is 7.10. The van der Waals surface area contributed by atoms with Gasteiger partial charge in [0.1, 0.15) is 5.75 Å². The lowest BCUT2D eigenvalue weighted by atomic mass is 9.97. The molecule has 1 heterocycles. The largest absolute Gasteiger partial charge is 0.506 e. The summed E-state index contributed by atoms with van der Waals surface area (Å²) >= 11 is 0. The first-order chi connectivity index (χ1) is 7.74. The molecule has 1 aromatic rings. The minimum Gasteiger partial charge on any atom is -0.506 e. The number of nitrogens with one attached hydrogen (secondary N) is 1. The van der Waals surface area contributed by atoms with Crippen molar-refractivity contribution < 1.29 is 5.11 Å². The molecule has 2 aliphatic rings. The topological polar surface area (TPSA) is 35.5 Å². The summed E-state index contributed by atoms with van der Waals surface area (Å²) in [6.07, 6.45) is 3.69. The lowest BCUT2D eigenvalue weighted by Crippen LogP contribution is -2.45. The number of rotatable bonds is 2. The fraction of sp³-hybridized carbons (Fsp3) is 0.538. The van der Waals surface area contributed by atoms with Crippen molar-refractivity contribution >= 4 is 5.69 Å². The Kier molecular flexibility index (Phi) is 2.28. The number of anilines is 1. The van der Waals surface area contributed by atoms with Crippen LogP contribution in [0.25, 0.3) is 0 Å². The minimum atomic E-state index is 0.407. The van der Waals surface area contributed by atoms with E-state index in [4.69, 9.17) is 0 Å². The minimum absolute atomic E-state index is 0.407. The Morgan fingerprint density at radius 1 is 1.31 bits per heavy atom. The molecule has 16 heavy (non-hydrogen) atoms. The standard InChI is InChI=1S/C13H18N2O/c1-15-8-11(14-10-5-6-10)7-9-3-2-4-12(16)13(9)15/h2-4,10-11,14,16H,5-8H2,1H3. The first-order valence-corrected chi connectivity index (χ1v) is 6.02. The number of aromatic hydroxyl groups is 1. The molecule has 0 spiro atoms. The summed E-state index contributed by atoms with van der Waals surface area (Å²) in [6.45, 7) is 0.987. The van der Waals surface area contributed by atoms with Gasteiger partial charge in [-0.05, 0) is 30.9 Å². The van der Waals surface area contributed by atoms with E-state index in [0.717, 1.165) is 24.7 Å². The van der Waals surface area contributed by atoms with E-state index in [-0.39, 0.29) is 0 Å². The van der Waals surface area contributed by atoms with E-state index in [1.807, 2.05) is 6.07 Å². The second-order valence-corrected chi connectivity index (χ2v) is 5.01. The normalized spacial score (nSPS) is 24.3. The third-order valence-corrected chi connectivity index (χ3v) is 3.49. The molecule has 0 aromatic heterocycles. The number of para-hydroxylation sites is 1. The monoisotopic (exact) mass is 218 g/mol. The zero-order valence-electron chi connectivity index (χ0n) is 9.61. The van der Waals surface area contributed by atoms with E-state index in [2.05, 4.69) is 23.3 Å². The van der Waals surface area contributed by atoms with Gasteiger partial charge in [-0.2, -0.15) is 0 Å². The highest BCUT2D eigenvalue weighted by Crippen LogP contribution is 2.35. The maximum Gasteiger partial charge on any atom is 0.139 e. The van der Waals surface area contributed by atoms with Crippen LogP contribution in [0.4, 0.5) is 5.69 Å². The molecule has 1 aliphatic carbocycles. The number of hydrogen-bond donors (Lipinski definition) is 2. The molecule has 1 aliphatic heterocycles. The number of nitrogens with zero attached hydrogens (tertiary/aromatic N) is 1. The number of phenolic OH excluding ortho intramolecular Hbond substituents is 1. The molecule has 1 fully saturated rings. The maximum absolute atomic E-state index is 9.85. The van der Waals surface area contributed by atoms with Gasteiger partial charge in [0.05, 0.1) is 5.69 Å². The highest BCUT2D eigenvalue weighted by atomic mass is 16.3. The lowest BCUT2D eigenvalue weighted by Gasteiger charge is -2.34. The van der Waals surface area contributed by atoms with Gasteiger partial charge in [-0.25, -0.2) is 0 Å². The van der Waals surface area contributed by atoms with Gasteiger partial charge in [-0.1, -0.05) is 12.1 Å². The van der Waals surface area contributed by atoms with Gasteiger partial charge < -0.3 is 15.3 Å². The Labute approximate surface area is 96.1 Å². The molecule has 1 saturated carbocycles. The van der Waals surface area contributed by atoms with Gasteiger partial charge in [0.25, 0.3) is 0 Å². The van der Waals surface area contributed by atoms with Crippen LogP contribution in [0, 0.1) is 0 Å². The summed E-state index contributed by atoms with van der Waals surface area (Å²) in [7, 11) is 2.05. The first kappa shape index (κ1) is 9.97. The van der Waals surface area contributed by atoms with Gasteiger partial charge in [0, 0.05) is 25.7 Å². The molecule has 2 N–H and O–H groups in total. The first-order valence-electron chi connectivity index (χ1n) is 6.02. The predicted molar refractivity (Wildman–Crippen MR) is 65.0 cm³/mol. The van der Waals surface area contributed by atoms with Gasteiger partial charge in [0.2, 0.25) is 0 Å². The Morgan fingerprint density at radius 2 is 2.12 bits per heavy atom. The van der Waals surface area contributed by atoms with Gasteiger partial charge >= 0.3 is 0 Å². The molecule has 0 saturated heterocycles. The molecule has 3 nitrogen and oxygen atoms in total. The summed E-state index contributed by atoms with van der Waals surface area (Å²) in [5, 5.41) is 13.5. The van der Waals surface area contributed by atoms with Crippen LogP contribution in [-0.4, -0.2) is 30.8 Å². The second-order valence-electron chi connectivity index (χ2n) is 5.01. The van der Waals surface area contributed by atoms with E-state index < -0.39 is 0 Å². The molecule has 1 aromatic carbocycles. The van der Waals surface area contributed by atoms with Crippen molar-refractivity contribution in [3.8, 4) is 5.75 Å². The number of likely N-dealkylation sites (N-methyl/N-ethyl adjacent to an activating group) is 1. The molecule has 1 atom stereocenters. The van der Waals surface area contributed by atoms with Crippen molar-refractivity contribution in [3.05, 3.63) is 23.8 Å². The Morgan fingerprint density at radius 3 is 2.88 bits per heavy atom. The molecule has 1 unspecified atom stereocenters. The number of benzene rings is 1. The van der Waals surface area contributed by atoms with Crippen molar-refractivity contribution in [2.45, 2.75) is 31.3 Å². The van der Waals surface area contributed by atoms with Crippen LogP contribution < -0.4 is 10.2 Å². The summed E-state index contributed by atoms with van der Waals surface area (Å²) in [4.78, 5) is 2.16. The van der Waals surface area contributed by atoms with Gasteiger partial charge in [-0.3, -0.25) is 0 Å². The fourth-order valence-electron chi connectivity index (χ4n) is 2.63. The van der Waals surface area contributed by atoms with E-state index in [9.17, 15) is 5.11 Å². The van der Waals surface area contributed by atoms with Crippen molar-refractivity contribution in [3.63, 3.8) is 0 Å². The Bertz CT molecular complexity index is 401. The summed E-state index contributed by atoms with van der Waals surface area (Å²) in [5.41, 5.74) is 2.27. The third kappa shape index (κ3) is 1.76. The van der Waals surface area contributed by atoms with Gasteiger partial charge in [0.15, 0.2) is 0 Å². The number of hydrogen-bond acceptors (Lipinski definition) is 3. The molecule has 0 amide bonds.